The lowest BCUT2D eigenvalue weighted by Crippen LogP contribution is -1.96. The zero-order chi connectivity index (χ0) is 17.7. The minimum Gasteiger partial charge on any atom is -0.478 e. The second kappa shape index (κ2) is 5.49. The van der Waals surface area contributed by atoms with Crippen LogP contribution in [0.3, 0.4) is 0 Å². The number of carbonyl (C=O) groups is 1. The highest BCUT2D eigenvalue weighted by molar-refractivity contribution is 6.33. The third-order valence-corrected chi connectivity index (χ3v) is 4.13. The Kier molecular flexibility index (Phi) is 3.40. The van der Waals surface area contributed by atoms with Crippen molar-refractivity contribution in [2.75, 3.05) is 5.32 Å². The van der Waals surface area contributed by atoms with Gasteiger partial charge in [-0.15, -0.1) is 0 Å². The molecule has 4 aromatic rings. The van der Waals surface area contributed by atoms with E-state index >= 15 is 0 Å². The lowest BCUT2D eigenvalue weighted by atomic mass is 10.1. The fourth-order valence-electron chi connectivity index (χ4n) is 2.75. The summed E-state index contributed by atoms with van der Waals surface area (Å²) in [6, 6.07) is 7.46. The average Bonchev–Trinajstić information content (AvgIpc) is 3.12. The van der Waals surface area contributed by atoms with E-state index in [2.05, 4.69) is 15.3 Å². The molecule has 0 bridgehead atoms. The minimum absolute atomic E-state index is 0.0116. The highest BCUT2D eigenvalue weighted by Gasteiger charge is 2.19. The average molecular weight is 360 g/mol. The summed E-state index contributed by atoms with van der Waals surface area (Å²) in [6.07, 6.45) is 0. The van der Waals surface area contributed by atoms with Crippen molar-refractivity contribution in [2.45, 2.75) is 6.92 Å². The summed E-state index contributed by atoms with van der Waals surface area (Å²) < 4.78 is 19.4. The topological polar surface area (TPSA) is 91.2 Å². The standard InChI is InChI=1S/C17H11ClFN3O3/c1-7-5-8-13-12(6-9(16(23)24)15(8)25-7)20-17(21-13)22-14-10(18)3-2-4-11(14)19/h2-6H,1H3,(H,23,24)(H2,20,21,22). The van der Waals surface area contributed by atoms with Crippen molar-refractivity contribution in [2.24, 2.45) is 0 Å². The molecule has 6 nitrogen and oxygen atoms in total. The van der Waals surface area contributed by atoms with Gasteiger partial charge in [0.25, 0.3) is 0 Å². The highest BCUT2D eigenvalue weighted by Crippen LogP contribution is 2.33. The van der Waals surface area contributed by atoms with Gasteiger partial charge in [0.1, 0.15) is 17.1 Å². The fraction of sp³-hybridized carbons (Fsp3) is 0.0588. The molecule has 0 aliphatic carbocycles. The maximum atomic E-state index is 13.9. The van der Waals surface area contributed by atoms with E-state index < -0.39 is 11.8 Å². The molecule has 0 saturated heterocycles. The Balaban J connectivity index is 1.91. The van der Waals surface area contributed by atoms with Gasteiger partial charge in [0.2, 0.25) is 5.95 Å². The maximum Gasteiger partial charge on any atom is 0.339 e. The van der Waals surface area contributed by atoms with Gasteiger partial charge in [-0.3, -0.25) is 0 Å². The first-order valence-corrected chi connectivity index (χ1v) is 7.69. The lowest BCUT2D eigenvalue weighted by molar-refractivity contribution is 0.0698. The molecule has 0 unspecified atom stereocenters. The van der Waals surface area contributed by atoms with Crippen LogP contribution in [-0.2, 0) is 0 Å². The summed E-state index contributed by atoms with van der Waals surface area (Å²) in [5, 5.41) is 13.0. The first-order chi connectivity index (χ1) is 11.9. The monoisotopic (exact) mass is 359 g/mol. The van der Waals surface area contributed by atoms with Gasteiger partial charge in [-0.2, -0.15) is 0 Å². The van der Waals surface area contributed by atoms with Gasteiger partial charge in [0.15, 0.2) is 5.58 Å². The van der Waals surface area contributed by atoms with Crippen LogP contribution < -0.4 is 5.32 Å². The number of rotatable bonds is 3. The van der Waals surface area contributed by atoms with Gasteiger partial charge in [0.05, 0.1) is 21.7 Å². The first-order valence-electron chi connectivity index (χ1n) is 7.31. The van der Waals surface area contributed by atoms with Crippen LogP contribution in [0.25, 0.3) is 22.0 Å². The number of para-hydroxylation sites is 1. The van der Waals surface area contributed by atoms with Crippen LogP contribution in [0.2, 0.25) is 5.02 Å². The van der Waals surface area contributed by atoms with Crippen molar-refractivity contribution < 1.29 is 18.7 Å². The van der Waals surface area contributed by atoms with E-state index in [-0.39, 0.29) is 27.8 Å². The molecule has 2 heterocycles. The van der Waals surface area contributed by atoms with E-state index in [1.54, 1.807) is 19.1 Å². The number of anilines is 2. The Labute approximate surface area is 145 Å². The van der Waals surface area contributed by atoms with Gasteiger partial charge >= 0.3 is 5.97 Å². The predicted octanol–water partition coefficient (Wildman–Crippen LogP) is 4.85. The van der Waals surface area contributed by atoms with E-state index in [0.29, 0.717) is 22.2 Å². The SMILES string of the molecule is Cc1cc2c(o1)c(C(=O)O)cc1nc(Nc3c(F)cccc3Cl)[nH]c12. The fourth-order valence-corrected chi connectivity index (χ4v) is 2.96. The Morgan fingerprint density at radius 1 is 1.40 bits per heavy atom. The molecule has 0 aliphatic rings. The van der Waals surface area contributed by atoms with Crippen molar-refractivity contribution >= 4 is 51.2 Å². The molecule has 25 heavy (non-hydrogen) atoms. The molecular formula is C17H11ClFN3O3. The number of halogens is 2. The van der Waals surface area contributed by atoms with Crippen molar-refractivity contribution in [3.8, 4) is 0 Å². The quantitative estimate of drug-likeness (QED) is 0.486. The van der Waals surface area contributed by atoms with Crippen LogP contribution in [0.15, 0.2) is 34.7 Å². The number of aryl methyl sites for hydroxylation is 1. The zero-order valence-electron chi connectivity index (χ0n) is 12.9. The molecule has 0 radical (unpaired) electrons. The molecule has 0 spiro atoms. The number of hydrogen-bond acceptors (Lipinski definition) is 4. The van der Waals surface area contributed by atoms with Gasteiger partial charge in [-0.1, -0.05) is 17.7 Å². The number of aromatic amines is 1. The summed E-state index contributed by atoms with van der Waals surface area (Å²) in [4.78, 5) is 18.8. The number of hydrogen-bond donors (Lipinski definition) is 3. The van der Waals surface area contributed by atoms with E-state index in [1.165, 1.54) is 18.2 Å². The number of imidazole rings is 1. The Hall–Kier alpha value is -3.06. The molecule has 8 heteroatoms. The maximum absolute atomic E-state index is 13.9. The number of carboxylic acid groups (broad SMARTS) is 1. The van der Waals surface area contributed by atoms with Crippen molar-refractivity contribution in [1.82, 2.24) is 9.97 Å². The van der Waals surface area contributed by atoms with Crippen molar-refractivity contribution in [1.29, 1.82) is 0 Å². The molecule has 0 atom stereocenters. The van der Waals surface area contributed by atoms with Crippen LogP contribution in [0.1, 0.15) is 16.1 Å². The Bertz CT molecular complexity index is 1130. The molecule has 0 aliphatic heterocycles. The second-order valence-corrected chi connectivity index (χ2v) is 5.94. The normalized spacial score (nSPS) is 11.3. The van der Waals surface area contributed by atoms with Crippen molar-refractivity contribution in [3.05, 3.63) is 52.5 Å². The largest absolute Gasteiger partial charge is 0.478 e. The van der Waals surface area contributed by atoms with Gasteiger partial charge in [-0.05, 0) is 31.2 Å². The molecule has 2 aromatic carbocycles. The zero-order valence-corrected chi connectivity index (χ0v) is 13.6. The molecule has 0 saturated carbocycles. The number of nitrogens with zero attached hydrogens (tertiary/aromatic N) is 1. The van der Waals surface area contributed by atoms with Gasteiger partial charge in [-0.25, -0.2) is 14.2 Å². The van der Waals surface area contributed by atoms with Crippen LogP contribution >= 0.6 is 11.6 Å². The number of furan rings is 1. The summed E-state index contributed by atoms with van der Waals surface area (Å²) >= 11 is 6.01. The number of benzene rings is 2. The highest BCUT2D eigenvalue weighted by atomic mass is 35.5. The van der Waals surface area contributed by atoms with E-state index in [9.17, 15) is 14.3 Å². The van der Waals surface area contributed by atoms with E-state index in [4.69, 9.17) is 16.0 Å². The number of nitrogens with one attached hydrogen (secondary N) is 2. The Morgan fingerprint density at radius 2 is 2.20 bits per heavy atom. The van der Waals surface area contributed by atoms with Crippen LogP contribution in [0, 0.1) is 12.7 Å². The molecule has 0 fully saturated rings. The van der Waals surface area contributed by atoms with Gasteiger partial charge < -0.3 is 19.8 Å². The summed E-state index contributed by atoms with van der Waals surface area (Å²) in [5.41, 5.74) is 1.36. The van der Waals surface area contributed by atoms with E-state index in [0.717, 1.165) is 0 Å². The lowest BCUT2D eigenvalue weighted by Gasteiger charge is -2.05. The third kappa shape index (κ3) is 2.49. The van der Waals surface area contributed by atoms with Crippen LogP contribution in [-0.4, -0.2) is 21.0 Å². The summed E-state index contributed by atoms with van der Waals surface area (Å²) in [7, 11) is 0. The summed E-state index contributed by atoms with van der Waals surface area (Å²) in [5.74, 6) is -0.824. The summed E-state index contributed by atoms with van der Waals surface area (Å²) in [6.45, 7) is 1.73. The number of aromatic carboxylic acids is 1. The smallest absolute Gasteiger partial charge is 0.339 e. The number of aromatic nitrogens is 2. The third-order valence-electron chi connectivity index (χ3n) is 3.82. The molecule has 0 amide bonds. The Morgan fingerprint density at radius 3 is 2.92 bits per heavy atom. The number of H-pyrrole nitrogens is 1. The molecule has 2 aromatic heterocycles. The molecule has 126 valence electrons. The molecule has 4 rings (SSSR count). The van der Waals surface area contributed by atoms with Crippen LogP contribution in [0.5, 0.6) is 0 Å². The first kappa shape index (κ1) is 15.5. The minimum atomic E-state index is -1.11. The van der Waals surface area contributed by atoms with Gasteiger partial charge in [0, 0.05) is 5.39 Å². The predicted molar refractivity (Wildman–Crippen MR) is 92.3 cm³/mol. The number of carboxylic acids is 1. The second-order valence-electron chi connectivity index (χ2n) is 5.53. The van der Waals surface area contributed by atoms with E-state index in [1.807, 2.05) is 0 Å². The van der Waals surface area contributed by atoms with Crippen molar-refractivity contribution in [3.63, 3.8) is 0 Å². The number of fused-ring (bicyclic) bond motifs is 3. The molecular weight excluding hydrogens is 349 g/mol. The molecule has 3 N–H and O–H groups in total. The van der Waals surface area contributed by atoms with Crippen LogP contribution in [0.4, 0.5) is 16.0 Å².